The maximum Gasteiger partial charge on any atom is 0.341 e. The van der Waals surface area contributed by atoms with E-state index in [0.29, 0.717) is 23.3 Å². The molecule has 0 unspecified atom stereocenters. The lowest BCUT2D eigenvalue weighted by Crippen LogP contribution is -2.22. The number of carboxylic acid groups (broad SMARTS) is 1. The van der Waals surface area contributed by atoms with Crippen molar-refractivity contribution in [2.75, 3.05) is 6.61 Å². The van der Waals surface area contributed by atoms with E-state index in [0.717, 1.165) is 11.1 Å². The molecule has 1 aliphatic heterocycles. The van der Waals surface area contributed by atoms with Crippen LogP contribution in [-0.2, 0) is 16.0 Å². The molecule has 0 bridgehead atoms. The standard InChI is InChI=1S/C18H16O5/c1-11-6-7-15(22-10-17(19)20)14(8-11)16-9-12-4-2-3-5-13(12)18(21)23-16/h2-8,16H,9-10H2,1H3,(H,19,20)/t16-/m1/s1. The SMILES string of the molecule is Cc1ccc(OCC(=O)O)c([C@H]2Cc3ccccc3C(=O)O2)c1. The second kappa shape index (κ2) is 6.12. The number of fused-ring (bicyclic) bond motifs is 1. The summed E-state index contributed by atoms with van der Waals surface area (Å²) in [6.07, 6.45) is 0.0514. The molecule has 3 rings (SSSR count). The van der Waals surface area contributed by atoms with Crippen molar-refractivity contribution in [3.63, 3.8) is 0 Å². The molecule has 0 fully saturated rings. The Morgan fingerprint density at radius 1 is 1.30 bits per heavy atom. The summed E-state index contributed by atoms with van der Waals surface area (Å²) in [7, 11) is 0. The minimum Gasteiger partial charge on any atom is -0.481 e. The van der Waals surface area contributed by atoms with Crippen LogP contribution in [0.15, 0.2) is 42.5 Å². The Kier molecular flexibility index (Phi) is 4.02. The lowest BCUT2D eigenvalue weighted by atomic mass is 9.93. The average molecular weight is 312 g/mol. The van der Waals surface area contributed by atoms with E-state index in [-0.39, 0.29) is 5.97 Å². The van der Waals surface area contributed by atoms with Gasteiger partial charge in [0.15, 0.2) is 6.61 Å². The molecule has 0 saturated carbocycles. The zero-order chi connectivity index (χ0) is 16.4. The molecule has 1 aliphatic rings. The first kappa shape index (κ1) is 15.1. The highest BCUT2D eigenvalue weighted by Gasteiger charge is 2.29. The normalized spacial score (nSPS) is 16.4. The van der Waals surface area contributed by atoms with E-state index >= 15 is 0 Å². The highest BCUT2D eigenvalue weighted by atomic mass is 16.5. The van der Waals surface area contributed by atoms with Gasteiger partial charge in [-0.05, 0) is 30.7 Å². The van der Waals surface area contributed by atoms with Crippen LogP contribution >= 0.6 is 0 Å². The molecule has 5 heteroatoms. The van der Waals surface area contributed by atoms with Crippen LogP contribution in [0.1, 0.15) is 33.2 Å². The maximum atomic E-state index is 12.2. The largest absolute Gasteiger partial charge is 0.481 e. The number of hydrogen-bond donors (Lipinski definition) is 1. The Morgan fingerprint density at radius 2 is 2.09 bits per heavy atom. The monoisotopic (exact) mass is 312 g/mol. The van der Waals surface area contributed by atoms with Crippen molar-refractivity contribution >= 4 is 11.9 Å². The van der Waals surface area contributed by atoms with Crippen LogP contribution < -0.4 is 4.74 Å². The zero-order valence-electron chi connectivity index (χ0n) is 12.6. The summed E-state index contributed by atoms with van der Waals surface area (Å²) in [5.41, 5.74) is 3.16. The number of carbonyl (C=O) groups is 2. The summed E-state index contributed by atoms with van der Waals surface area (Å²) in [5, 5.41) is 8.79. The predicted octanol–water partition coefficient (Wildman–Crippen LogP) is 2.91. The Hall–Kier alpha value is -2.82. The number of cyclic esters (lactones) is 1. The van der Waals surface area contributed by atoms with Gasteiger partial charge in [-0.15, -0.1) is 0 Å². The number of hydrogen-bond acceptors (Lipinski definition) is 4. The van der Waals surface area contributed by atoms with Crippen molar-refractivity contribution in [2.45, 2.75) is 19.4 Å². The van der Waals surface area contributed by atoms with Crippen LogP contribution in [0.25, 0.3) is 0 Å². The molecular formula is C18H16O5. The van der Waals surface area contributed by atoms with Crippen molar-refractivity contribution in [1.29, 1.82) is 0 Å². The van der Waals surface area contributed by atoms with Crippen LogP contribution in [0.5, 0.6) is 5.75 Å². The van der Waals surface area contributed by atoms with Crippen molar-refractivity contribution < 1.29 is 24.2 Å². The third-order valence-electron chi connectivity index (χ3n) is 3.76. The highest BCUT2D eigenvalue weighted by molar-refractivity contribution is 5.92. The molecule has 1 heterocycles. The van der Waals surface area contributed by atoms with Crippen LogP contribution in [-0.4, -0.2) is 23.7 Å². The summed E-state index contributed by atoms with van der Waals surface area (Å²) in [4.78, 5) is 22.9. The van der Waals surface area contributed by atoms with Crippen LogP contribution in [0.2, 0.25) is 0 Å². The van der Waals surface area contributed by atoms with Gasteiger partial charge >= 0.3 is 11.9 Å². The Balaban J connectivity index is 1.94. The first-order chi connectivity index (χ1) is 11.0. The fraction of sp³-hybridized carbons (Fsp3) is 0.222. The van der Waals surface area contributed by atoms with Gasteiger partial charge in [0.25, 0.3) is 0 Å². The first-order valence-corrected chi connectivity index (χ1v) is 7.28. The van der Waals surface area contributed by atoms with E-state index in [1.807, 2.05) is 31.2 Å². The van der Waals surface area contributed by atoms with E-state index in [1.54, 1.807) is 18.2 Å². The van der Waals surface area contributed by atoms with Crippen molar-refractivity contribution in [3.05, 3.63) is 64.7 Å². The molecule has 0 aromatic heterocycles. The fourth-order valence-corrected chi connectivity index (χ4v) is 2.70. The number of carbonyl (C=O) groups excluding carboxylic acids is 1. The smallest absolute Gasteiger partial charge is 0.341 e. The van der Waals surface area contributed by atoms with Gasteiger partial charge in [0.1, 0.15) is 11.9 Å². The number of benzene rings is 2. The quantitative estimate of drug-likeness (QED) is 0.879. The molecule has 0 aliphatic carbocycles. The second-order valence-corrected chi connectivity index (χ2v) is 5.48. The fourth-order valence-electron chi connectivity index (χ4n) is 2.70. The van der Waals surface area contributed by atoms with E-state index in [9.17, 15) is 9.59 Å². The van der Waals surface area contributed by atoms with Crippen molar-refractivity contribution in [3.8, 4) is 5.75 Å². The first-order valence-electron chi connectivity index (χ1n) is 7.28. The van der Waals surface area contributed by atoms with E-state index in [1.165, 1.54) is 0 Å². The zero-order valence-corrected chi connectivity index (χ0v) is 12.6. The molecule has 118 valence electrons. The number of aryl methyl sites for hydroxylation is 1. The Labute approximate surface area is 133 Å². The lowest BCUT2D eigenvalue weighted by molar-refractivity contribution is -0.139. The van der Waals surface area contributed by atoms with Crippen molar-refractivity contribution in [2.24, 2.45) is 0 Å². The number of carboxylic acids is 1. The molecule has 0 spiro atoms. The summed E-state index contributed by atoms with van der Waals surface area (Å²) < 4.78 is 10.9. The molecule has 1 atom stereocenters. The minimum atomic E-state index is -1.05. The van der Waals surface area contributed by atoms with Crippen LogP contribution in [0.4, 0.5) is 0 Å². The van der Waals surface area contributed by atoms with Crippen LogP contribution in [0.3, 0.4) is 0 Å². The number of esters is 1. The lowest BCUT2D eigenvalue weighted by Gasteiger charge is -2.26. The Morgan fingerprint density at radius 3 is 2.87 bits per heavy atom. The van der Waals surface area contributed by atoms with Gasteiger partial charge < -0.3 is 14.6 Å². The minimum absolute atomic E-state index is 0.373. The molecule has 5 nitrogen and oxygen atoms in total. The topological polar surface area (TPSA) is 72.8 Å². The van der Waals surface area contributed by atoms with Gasteiger partial charge in [0.2, 0.25) is 0 Å². The third kappa shape index (κ3) is 3.18. The second-order valence-electron chi connectivity index (χ2n) is 5.48. The molecule has 2 aromatic carbocycles. The molecule has 2 aromatic rings. The summed E-state index contributed by atoms with van der Waals surface area (Å²) in [5.74, 6) is -1.000. The molecule has 0 radical (unpaired) electrons. The predicted molar refractivity (Wildman–Crippen MR) is 82.6 cm³/mol. The summed E-state index contributed by atoms with van der Waals surface area (Å²) in [6, 6.07) is 12.7. The number of rotatable bonds is 4. The molecular weight excluding hydrogens is 296 g/mol. The summed E-state index contributed by atoms with van der Waals surface area (Å²) in [6.45, 7) is 1.48. The molecule has 23 heavy (non-hydrogen) atoms. The van der Waals surface area contributed by atoms with Gasteiger partial charge in [-0.1, -0.05) is 29.8 Å². The molecule has 1 N–H and O–H groups in total. The van der Waals surface area contributed by atoms with Gasteiger partial charge in [-0.25, -0.2) is 9.59 Å². The third-order valence-corrected chi connectivity index (χ3v) is 3.76. The maximum absolute atomic E-state index is 12.2. The summed E-state index contributed by atoms with van der Waals surface area (Å²) >= 11 is 0. The number of ether oxygens (including phenoxy) is 2. The van der Waals surface area contributed by atoms with Gasteiger partial charge in [-0.3, -0.25) is 0 Å². The average Bonchev–Trinajstić information content (AvgIpc) is 2.53. The van der Waals surface area contributed by atoms with Gasteiger partial charge in [-0.2, -0.15) is 0 Å². The molecule has 0 saturated heterocycles. The van der Waals surface area contributed by atoms with Crippen LogP contribution in [0, 0.1) is 6.92 Å². The molecule has 0 amide bonds. The van der Waals surface area contributed by atoms with E-state index in [2.05, 4.69) is 0 Å². The Bertz CT molecular complexity index is 766. The number of aliphatic carboxylic acids is 1. The van der Waals surface area contributed by atoms with E-state index in [4.69, 9.17) is 14.6 Å². The van der Waals surface area contributed by atoms with Gasteiger partial charge in [0.05, 0.1) is 5.56 Å². The van der Waals surface area contributed by atoms with Gasteiger partial charge in [0, 0.05) is 12.0 Å². The van der Waals surface area contributed by atoms with Crippen molar-refractivity contribution in [1.82, 2.24) is 0 Å². The highest BCUT2D eigenvalue weighted by Crippen LogP contribution is 2.35. The van der Waals surface area contributed by atoms with E-state index < -0.39 is 18.7 Å².